The number of rotatable bonds is 11. The van der Waals surface area contributed by atoms with E-state index < -0.39 is 23.2 Å². The SMILES string of the molecule is CC(=O)N1CCc2c(c(N3CCCc4cc(-c5cnn(C)c5)c(C(F)F)cc43)nn2C2CCN(C(=O)CCC(=O)Nc3ccccc3C(=O)Nc3nc(C)c([N+](=O)[O-])s3)CC2)C1. The second-order valence-electron chi connectivity index (χ2n) is 15.7. The van der Waals surface area contributed by atoms with Gasteiger partial charge in [-0.15, -0.1) is 0 Å². The highest BCUT2D eigenvalue weighted by Crippen LogP contribution is 2.44. The minimum Gasteiger partial charge on any atom is -0.343 e. The van der Waals surface area contributed by atoms with Crippen LogP contribution >= 0.6 is 11.3 Å². The fourth-order valence-electron chi connectivity index (χ4n) is 8.59. The molecule has 1 fully saturated rings. The number of anilines is 4. The van der Waals surface area contributed by atoms with Gasteiger partial charge in [0.05, 0.1) is 35.0 Å². The lowest BCUT2D eigenvalue weighted by molar-refractivity contribution is -0.380. The normalized spacial score (nSPS) is 15.4. The average molecular weight is 870 g/mol. The third-order valence-electron chi connectivity index (χ3n) is 11.7. The van der Waals surface area contributed by atoms with Crippen molar-refractivity contribution in [2.75, 3.05) is 41.7 Å². The Morgan fingerprint density at radius 2 is 1.79 bits per heavy atom. The standard InChI is InChI=1S/C42H45F2N11O6S/c1-24-41(55(60)61)62-42(46-24)48-40(59)29-8-4-5-9-33(29)47-36(57)10-11-37(58)51-16-12-28(13-17-51)54-34-14-18-52(25(2)56)23-32(34)39(49-54)53-15-6-7-26-19-30(27-21-45-50(3)22-27)31(38(43)44)20-35(26)53/h4-5,8-9,19-22,28,38H,6-7,10-18,23H2,1-3H3,(H,47,57)(H,46,48,59). The molecular weight excluding hydrogens is 825 g/mol. The third-order valence-corrected chi connectivity index (χ3v) is 12.7. The van der Waals surface area contributed by atoms with Gasteiger partial charge in [0.2, 0.25) is 17.7 Å². The summed E-state index contributed by atoms with van der Waals surface area (Å²) in [6, 6.07) is 9.70. The Bertz CT molecular complexity index is 2580. The molecule has 1 saturated heterocycles. The molecule has 0 atom stereocenters. The Hall–Kier alpha value is -6.57. The molecule has 0 saturated carbocycles. The van der Waals surface area contributed by atoms with E-state index in [1.807, 2.05) is 15.6 Å². The number of fused-ring (bicyclic) bond motifs is 2. The van der Waals surface area contributed by atoms with Crippen molar-refractivity contribution in [1.29, 1.82) is 0 Å². The number of aryl methyl sites for hydroxylation is 3. The molecule has 3 aromatic heterocycles. The first-order valence-electron chi connectivity index (χ1n) is 20.4. The number of nitrogens with one attached hydrogen (secondary N) is 2. The molecule has 3 aliphatic rings. The molecule has 17 nitrogen and oxygen atoms in total. The lowest BCUT2D eigenvalue weighted by atomic mass is 9.92. The van der Waals surface area contributed by atoms with Crippen molar-refractivity contribution in [3.8, 4) is 11.1 Å². The van der Waals surface area contributed by atoms with Gasteiger partial charge < -0.3 is 20.0 Å². The van der Waals surface area contributed by atoms with Crippen LogP contribution in [-0.4, -0.2) is 89.1 Å². The van der Waals surface area contributed by atoms with E-state index in [4.69, 9.17) is 5.10 Å². The maximum atomic E-state index is 14.7. The second kappa shape index (κ2) is 17.4. The number of likely N-dealkylation sites (tertiary alicyclic amines) is 1. The Morgan fingerprint density at radius 1 is 1.02 bits per heavy atom. The summed E-state index contributed by atoms with van der Waals surface area (Å²) in [4.78, 5) is 72.4. The number of hydrogen-bond acceptors (Lipinski definition) is 11. The number of benzene rings is 2. The maximum Gasteiger partial charge on any atom is 0.348 e. The van der Waals surface area contributed by atoms with Crippen LogP contribution in [0.4, 0.5) is 36.1 Å². The topological polar surface area (TPSA) is 194 Å². The van der Waals surface area contributed by atoms with E-state index in [0.717, 1.165) is 34.6 Å². The Labute approximate surface area is 358 Å². The summed E-state index contributed by atoms with van der Waals surface area (Å²) in [6.07, 6.45) is 3.73. The van der Waals surface area contributed by atoms with E-state index in [-0.39, 0.29) is 63.3 Å². The average Bonchev–Trinajstić information content (AvgIpc) is 3.98. The smallest absolute Gasteiger partial charge is 0.343 e. The van der Waals surface area contributed by atoms with Crippen LogP contribution in [0.25, 0.3) is 11.1 Å². The molecule has 0 spiro atoms. The predicted molar refractivity (Wildman–Crippen MR) is 227 cm³/mol. The highest BCUT2D eigenvalue weighted by molar-refractivity contribution is 7.19. The predicted octanol–water partition coefficient (Wildman–Crippen LogP) is 6.72. The summed E-state index contributed by atoms with van der Waals surface area (Å²) < 4.78 is 33.0. The lowest BCUT2D eigenvalue weighted by Crippen LogP contribution is -2.40. The monoisotopic (exact) mass is 869 g/mol. The van der Waals surface area contributed by atoms with Gasteiger partial charge in [-0.3, -0.25) is 44.0 Å². The largest absolute Gasteiger partial charge is 0.348 e. The van der Waals surface area contributed by atoms with Crippen LogP contribution in [0.5, 0.6) is 0 Å². The number of para-hydroxylation sites is 1. The number of carbonyl (C=O) groups is 4. The number of nitro groups is 1. The highest BCUT2D eigenvalue weighted by atomic mass is 32.1. The van der Waals surface area contributed by atoms with E-state index in [1.165, 1.54) is 13.0 Å². The first-order valence-corrected chi connectivity index (χ1v) is 21.2. The van der Waals surface area contributed by atoms with Crippen LogP contribution in [0.3, 0.4) is 0 Å². The fraction of sp³-hybridized carbons (Fsp3) is 0.405. The second-order valence-corrected chi connectivity index (χ2v) is 16.7. The number of halogens is 2. The van der Waals surface area contributed by atoms with Crippen LogP contribution in [0.1, 0.15) is 89.9 Å². The lowest BCUT2D eigenvalue weighted by Gasteiger charge is -2.34. The fourth-order valence-corrected chi connectivity index (χ4v) is 9.37. The van der Waals surface area contributed by atoms with E-state index >= 15 is 0 Å². The van der Waals surface area contributed by atoms with E-state index in [2.05, 4.69) is 20.7 Å². The summed E-state index contributed by atoms with van der Waals surface area (Å²) in [6.45, 7) is 5.34. The molecule has 4 amide bonds. The van der Waals surface area contributed by atoms with Crippen molar-refractivity contribution in [2.24, 2.45) is 7.05 Å². The highest BCUT2D eigenvalue weighted by Gasteiger charge is 2.35. The van der Waals surface area contributed by atoms with Crippen molar-refractivity contribution in [2.45, 2.75) is 77.8 Å². The van der Waals surface area contributed by atoms with Gasteiger partial charge in [-0.2, -0.15) is 10.2 Å². The summed E-state index contributed by atoms with van der Waals surface area (Å²) in [5, 5.41) is 25.8. The molecular formula is C42H45F2N11O6S. The van der Waals surface area contributed by atoms with Gasteiger partial charge in [-0.25, -0.2) is 13.8 Å². The molecule has 6 heterocycles. The molecule has 5 aromatic rings. The summed E-state index contributed by atoms with van der Waals surface area (Å²) in [7, 11) is 1.75. The molecule has 20 heteroatoms. The minimum absolute atomic E-state index is 0.0490. The molecule has 62 heavy (non-hydrogen) atoms. The number of amides is 4. The van der Waals surface area contributed by atoms with Crippen molar-refractivity contribution < 1.29 is 32.9 Å². The third kappa shape index (κ3) is 8.50. The van der Waals surface area contributed by atoms with Crippen molar-refractivity contribution >= 4 is 62.3 Å². The molecule has 0 aliphatic carbocycles. The van der Waals surface area contributed by atoms with Crippen molar-refractivity contribution in [3.63, 3.8) is 0 Å². The molecule has 0 unspecified atom stereocenters. The number of hydrogen-bond donors (Lipinski definition) is 2. The van der Waals surface area contributed by atoms with Crippen LogP contribution in [0.15, 0.2) is 48.8 Å². The van der Waals surface area contributed by atoms with E-state index in [1.54, 1.807) is 65.1 Å². The molecule has 0 bridgehead atoms. The number of thiazole rings is 1. The van der Waals surface area contributed by atoms with Crippen LogP contribution in [-0.2, 0) is 40.8 Å². The van der Waals surface area contributed by atoms with Crippen LogP contribution in [0, 0.1) is 17.0 Å². The van der Waals surface area contributed by atoms with Gasteiger partial charge in [-0.05, 0) is 79.3 Å². The van der Waals surface area contributed by atoms with Gasteiger partial charge >= 0.3 is 5.00 Å². The zero-order chi connectivity index (χ0) is 43.8. The summed E-state index contributed by atoms with van der Waals surface area (Å²) in [5.41, 5.74) is 5.05. The number of carbonyl (C=O) groups excluding carboxylic acids is 4. The zero-order valence-corrected chi connectivity index (χ0v) is 35.2. The molecule has 3 aliphatic heterocycles. The minimum atomic E-state index is -2.72. The van der Waals surface area contributed by atoms with E-state index in [9.17, 15) is 38.1 Å². The number of piperidine rings is 1. The van der Waals surface area contributed by atoms with Gasteiger partial charge in [0.15, 0.2) is 10.9 Å². The number of aromatic nitrogens is 5. The van der Waals surface area contributed by atoms with Crippen LogP contribution < -0.4 is 15.5 Å². The number of alkyl halides is 2. The number of nitrogens with zero attached hydrogens (tertiary/aromatic N) is 9. The molecule has 2 N–H and O–H groups in total. The van der Waals surface area contributed by atoms with Gasteiger partial charge in [-0.1, -0.05) is 12.1 Å². The zero-order valence-electron chi connectivity index (χ0n) is 34.4. The first-order chi connectivity index (χ1) is 29.7. The molecule has 2 aromatic carbocycles. The van der Waals surface area contributed by atoms with Crippen molar-refractivity contribution in [3.05, 3.63) is 92.5 Å². The van der Waals surface area contributed by atoms with E-state index in [0.29, 0.717) is 81.0 Å². The van der Waals surface area contributed by atoms with Gasteiger partial charge in [0, 0.05) is 93.7 Å². The Kier molecular flexibility index (Phi) is 11.8. The quantitative estimate of drug-likeness (QED) is 0.106. The summed E-state index contributed by atoms with van der Waals surface area (Å²) >= 11 is 0.733. The van der Waals surface area contributed by atoms with Gasteiger partial charge in [0.1, 0.15) is 5.69 Å². The van der Waals surface area contributed by atoms with Crippen molar-refractivity contribution in [1.82, 2.24) is 34.3 Å². The Balaban J connectivity index is 0.938. The van der Waals surface area contributed by atoms with Crippen LogP contribution in [0.2, 0.25) is 0 Å². The molecule has 324 valence electrons. The molecule has 8 rings (SSSR count). The Morgan fingerprint density at radius 3 is 2.48 bits per heavy atom. The molecule has 0 radical (unpaired) electrons. The maximum absolute atomic E-state index is 14.7. The first kappa shape index (κ1) is 42.1. The summed E-state index contributed by atoms with van der Waals surface area (Å²) in [5.74, 6) is -0.648. The van der Waals surface area contributed by atoms with Gasteiger partial charge in [0.25, 0.3) is 12.3 Å².